The van der Waals surface area contributed by atoms with Gasteiger partial charge in [0.1, 0.15) is 0 Å². The lowest BCUT2D eigenvalue weighted by atomic mass is 9.99. The third-order valence-corrected chi connectivity index (χ3v) is 6.12. The lowest BCUT2D eigenvalue weighted by molar-refractivity contribution is -0.136. The van der Waals surface area contributed by atoms with Gasteiger partial charge in [0, 0.05) is 24.3 Å². The fourth-order valence-corrected chi connectivity index (χ4v) is 4.28. The highest BCUT2D eigenvalue weighted by atomic mass is 16.6. The number of nitrogens with one attached hydrogen (secondary N) is 1. The van der Waals surface area contributed by atoms with Crippen LogP contribution < -0.4 is 5.32 Å². The SMILES string of the molecule is CCN(CC)C(=O)C1C(c2cccc(NC(=O)c3ccccc3)c2)OC(=O)N1Cc1ccccc1. The molecule has 2 unspecified atom stereocenters. The number of hydrogen-bond acceptors (Lipinski definition) is 4. The first-order chi connectivity index (χ1) is 17.0. The van der Waals surface area contributed by atoms with Gasteiger partial charge in [0.15, 0.2) is 12.1 Å². The smallest absolute Gasteiger partial charge is 0.411 e. The number of likely N-dealkylation sites (N-methyl/N-ethyl adjacent to an activating group) is 1. The molecule has 1 N–H and O–H groups in total. The van der Waals surface area contributed by atoms with Gasteiger partial charge in [-0.3, -0.25) is 14.5 Å². The molecule has 0 bridgehead atoms. The monoisotopic (exact) mass is 471 g/mol. The number of carbonyl (C=O) groups is 3. The molecule has 0 radical (unpaired) electrons. The number of amides is 3. The van der Waals surface area contributed by atoms with E-state index in [1.165, 1.54) is 4.90 Å². The predicted molar refractivity (Wildman–Crippen MR) is 134 cm³/mol. The van der Waals surface area contributed by atoms with E-state index in [9.17, 15) is 14.4 Å². The highest BCUT2D eigenvalue weighted by Crippen LogP contribution is 2.36. The Morgan fingerprint density at radius 3 is 2.23 bits per heavy atom. The predicted octanol–water partition coefficient (Wildman–Crippen LogP) is 4.87. The van der Waals surface area contributed by atoms with E-state index in [4.69, 9.17) is 4.74 Å². The fourth-order valence-electron chi connectivity index (χ4n) is 4.28. The summed E-state index contributed by atoms with van der Waals surface area (Å²) in [4.78, 5) is 42.4. The van der Waals surface area contributed by atoms with Crippen molar-refractivity contribution in [1.29, 1.82) is 0 Å². The number of cyclic esters (lactones) is 1. The van der Waals surface area contributed by atoms with Crippen molar-refractivity contribution in [2.24, 2.45) is 0 Å². The first-order valence-corrected chi connectivity index (χ1v) is 11.8. The zero-order valence-electron chi connectivity index (χ0n) is 19.9. The van der Waals surface area contributed by atoms with E-state index in [2.05, 4.69) is 5.32 Å². The molecule has 1 saturated heterocycles. The molecule has 4 rings (SSSR count). The summed E-state index contributed by atoms with van der Waals surface area (Å²) in [7, 11) is 0. The Morgan fingerprint density at radius 1 is 0.914 bits per heavy atom. The first kappa shape index (κ1) is 24.0. The minimum atomic E-state index is -0.817. The third kappa shape index (κ3) is 5.35. The zero-order valence-corrected chi connectivity index (χ0v) is 19.9. The largest absolute Gasteiger partial charge is 0.438 e. The lowest BCUT2D eigenvalue weighted by Gasteiger charge is -2.29. The maximum atomic E-state index is 13.6. The third-order valence-electron chi connectivity index (χ3n) is 6.12. The standard InChI is InChI=1S/C28H29N3O4/c1-3-30(4-2)27(33)24-25(35-28(34)31(24)19-20-12-7-5-8-13-20)22-16-11-17-23(18-22)29-26(32)21-14-9-6-10-15-21/h5-18,24-25H,3-4,19H2,1-2H3,(H,29,32). The van der Waals surface area contributed by atoms with Crippen LogP contribution in [0.1, 0.15) is 41.4 Å². The summed E-state index contributed by atoms with van der Waals surface area (Å²) >= 11 is 0. The molecule has 0 saturated carbocycles. The average Bonchev–Trinajstić information content (AvgIpc) is 3.21. The Bertz CT molecular complexity index is 1180. The molecule has 7 nitrogen and oxygen atoms in total. The number of anilines is 1. The second kappa shape index (κ2) is 10.9. The van der Waals surface area contributed by atoms with Gasteiger partial charge in [-0.1, -0.05) is 60.7 Å². The highest BCUT2D eigenvalue weighted by Gasteiger charge is 2.48. The number of carbonyl (C=O) groups excluding carboxylic acids is 3. The molecular formula is C28H29N3O4. The zero-order chi connectivity index (χ0) is 24.8. The van der Waals surface area contributed by atoms with Crippen LogP contribution in [0.4, 0.5) is 10.5 Å². The molecule has 180 valence electrons. The Kier molecular flexibility index (Phi) is 7.45. The first-order valence-electron chi connectivity index (χ1n) is 11.8. The van der Waals surface area contributed by atoms with Gasteiger partial charge in [0.05, 0.1) is 6.54 Å². The van der Waals surface area contributed by atoms with Gasteiger partial charge in [-0.2, -0.15) is 0 Å². The summed E-state index contributed by atoms with van der Waals surface area (Å²) in [5.41, 5.74) is 2.65. The molecule has 1 aliphatic heterocycles. The quantitative estimate of drug-likeness (QED) is 0.508. The molecule has 2 atom stereocenters. The van der Waals surface area contributed by atoms with E-state index in [0.29, 0.717) is 29.9 Å². The second-order valence-electron chi connectivity index (χ2n) is 8.32. The summed E-state index contributed by atoms with van der Waals surface area (Å²) < 4.78 is 5.78. The summed E-state index contributed by atoms with van der Waals surface area (Å²) in [6.07, 6.45) is -1.34. The van der Waals surface area contributed by atoms with Crippen LogP contribution in [0.2, 0.25) is 0 Å². The normalized spacial score (nSPS) is 17.1. The van der Waals surface area contributed by atoms with Crippen molar-refractivity contribution >= 4 is 23.6 Å². The summed E-state index contributed by atoms with van der Waals surface area (Å²) in [5.74, 6) is -0.409. The van der Waals surface area contributed by atoms with Crippen LogP contribution in [-0.4, -0.2) is 46.8 Å². The molecule has 3 aromatic carbocycles. The molecule has 35 heavy (non-hydrogen) atoms. The van der Waals surface area contributed by atoms with Gasteiger partial charge < -0.3 is 15.0 Å². The van der Waals surface area contributed by atoms with Crippen molar-refractivity contribution in [2.75, 3.05) is 18.4 Å². The minimum absolute atomic E-state index is 0.166. The van der Waals surface area contributed by atoms with Crippen LogP contribution >= 0.6 is 0 Å². The maximum absolute atomic E-state index is 13.6. The molecule has 0 aromatic heterocycles. The molecule has 0 spiro atoms. The summed E-state index contributed by atoms with van der Waals surface area (Å²) in [6, 6.07) is 24.7. The number of benzene rings is 3. The Labute approximate surface area is 205 Å². The maximum Gasteiger partial charge on any atom is 0.411 e. The van der Waals surface area contributed by atoms with E-state index in [-0.39, 0.29) is 18.4 Å². The van der Waals surface area contributed by atoms with Gasteiger partial charge in [-0.15, -0.1) is 0 Å². The minimum Gasteiger partial charge on any atom is -0.438 e. The van der Waals surface area contributed by atoms with Crippen molar-refractivity contribution in [3.05, 3.63) is 102 Å². The van der Waals surface area contributed by atoms with Gasteiger partial charge >= 0.3 is 6.09 Å². The number of rotatable bonds is 8. The van der Waals surface area contributed by atoms with Crippen molar-refractivity contribution in [3.63, 3.8) is 0 Å². The molecule has 0 aliphatic carbocycles. The van der Waals surface area contributed by atoms with Crippen molar-refractivity contribution < 1.29 is 19.1 Å². The van der Waals surface area contributed by atoms with Gasteiger partial charge in [-0.05, 0) is 49.2 Å². The number of hydrogen-bond donors (Lipinski definition) is 1. The number of nitrogens with zero attached hydrogens (tertiary/aromatic N) is 2. The summed E-state index contributed by atoms with van der Waals surface area (Å²) in [5, 5.41) is 2.89. The Hall–Kier alpha value is -4.13. The topological polar surface area (TPSA) is 79.0 Å². The van der Waals surface area contributed by atoms with Gasteiger partial charge in [0.2, 0.25) is 5.91 Å². The van der Waals surface area contributed by atoms with E-state index in [1.54, 1.807) is 47.4 Å². The lowest BCUT2D eigenvalue weighted by Crippen LogP contribution is -2.48. The van der Waals surface area contributed by atoms with E-state index in [0.717, 1.165) is 5.56 Å². The molecule has 1 heterocycles. The number of ether oxygens (including phenoxy) is 1. The fraction of sp³-hybridized carbons (Fsp3) is 0.250. The Morgan fingerprint density at radius 2 is 1.57 bits per heavy atom. The van der Waals surface area contributed by atoms with Crippen LogP contribution in [0, 0.1) is 0 Å². The van der Waals surface area contributed by atoms with Gasteiger partial charge in [-0.25, -0.2) is 4.79 Å². The van der Waals surface area contributed by atoms with Crippen molar-refractivity contribution in [2.45, 2.75) is 32.5 Å². The van der Waals surface area contributed by atoms with E-state index in [1.807, 2.05) is 56.3 Å². The Balaban J connectivity index is 1.64. The van der Waals surface area contributed by atoms with Gasteiger partial charge in [0.25, 0.3) is 5.91 Å². The van der Waals surface area contributed by atoms with Crippen molar-refractivity contribution in [3.8, 4) is 0 Å². The molecule has 1 fully saturated rings. The summed E-state index contributed by atoms with van der Waals surface area (Å²) in [6.45, 7) is 5.14. The van der Waals surface area contributed by atoms with Crippen LogP contribution in [0.3, 0.4) is 0 Å². The second-order valence-corrected chi connectivity index (χ2v) is 8.32. The van der Waals surface area contributed by atoms with Crippen molar-refractivity contribution in [1.82, 2.24) is 9.80 Å². The van der Waals surface area contributed by atoms with E-state index >= 15 is 0 Å². The molecule has 3 amide bonds. The van der Waals surface area contributed by atoms with Crippen LogP contribution in [-0.2, 0) is 16.1 Å². The highest BCUT2D eigenvalue weighted by molar-refractivity contribution is 6.04. The molecule has 1 aliphatic rings. The van der Waals surface area contributed by atoms with Crippen LogP contribution in [0.25, 0.3) is 0 Å². The van der Waals surface area contributed by atoms with Crippen LogP contribution in [0.15, 0.2) is 84.9 Å². The average molecular weight is 472 g/mol. The molecular weight excluding hydrogens is 442 g/mol. The van der Waals surface area contributed by atoms with Crippen LogP contribution in [0.5, 0.6) is 0 Å². The molecule has 7 heteroatoms. The van der Waals surface area contributed by atoms with E-state index < -0.39 is 18.2 Å². The molecule has 3 aromatic rings.